The van der Waals surface area contributed by atoms with Gasteiger partial charge in [-0.1, -0.05) is 6.92 Å². The number of hydrogen-bond acceptors (Lipinski definition) is 2. The first kappa shape index (κ1) is 10.7. The highest BCUT2D eigenvalue weighted by atomic mass is 79.9. The fourth-order valence-electron chi connectivity index (χ4n) is 0.837. The van der Waals surface area contributed by atoms with Gasteiger partial charge in [0.05, 0.1) is 4.47 Å². The summed E-state index contributed by atoms with van der Waals surface area (Å²) in [6, 6.07) is 1.81. The van der Waals surface area contributed by atoms with Crippen molar-refractivity contribution >= 4 is 44.2 Å². The van der Waals surface area contributed by atoms with E-state index in [-0.39, 0.29) is 0 Å². The van der Waals surface area contributed by atoms with Crippen LogP contribution in [0.5, 0.6) is 0 Å². The van der Waals surface area contributed by atoms with Crippen LogP contribution in [0.2, 0.25) is 0 Å². The van der Waals surface area contributed by atoms with Gasteiger partial charge in [-0.05, 0) is 56.0 Å². The molecule has 0 fully saturated rings. The summed E-state index contributed by atoms with van der Waals surface area (Å²) in [5.41, 5.74) is 0.716. The Morgan fingerprint density at radius 1 is 1.62 bits per heavy atom. The molecular weight excluding hydrogens is 300 g/mol. The van der Waals surface area contributed by atoms with Crippen LogP contribution < -0.4 is 0 Å². The second-order valence-electron chi connectivity index (χ2n) is 2.46. The van der Waals surface area contributed by atoms with Crippen LogP contribution in [0.1, 0.15) is 19.1 Å². The average molecular weight is 308 g/mol. The van der Waals surface area contributed by atoms with E-state index in [4.69, 9.17) is 4.42 Å². The summed E-state index contributed by atoms with van der Waals surface area (Å²) in [6.07, 6.45) is 3.27. The molecule has 70 valence electrons. The quantitative estimate of drug-likeness (QED) is 0.628. The third-order valence-electron chi connectivity index (χ3n) is 1.55. The normalized spacial score (nSPS) is 11.8. The van der Waals surface area contributed by atoms with Gasteiger partial charge in [0.2, 0.25) is 0 Å². The summed E-state index contributed by atoms with van der Waals surface area (Å²) in [6.45, 7) is 1.92. The predicted molar refractivity (Wildman–Crippen MR) is 58.4 cm³/mol. The number of hydrogen-bond donors (Lipinski definition) is 0. The number of halogens is 2. The van der Waals surface area contributed by atoms with E-state index in [9.17, 15) is 4.79 Å². The molecule has 13 heavy (non-hydrogen) atoms. The molecule has 1 rings (SSSR count). The molecule has 0 spiro atoms. The van der Waals surface area contributed by atoms with Gasteiger partial charge >= 0.3 is 0 Å². The maximum Gasteiger partial charge on any atom is 0.184 e. The van der Waals surface area contributed by atoms with Crippen molar-refractivity contribution in [2.75, 3.05) is 0 Å². The minimum Gasteiger partial charge on any atom is -0.449 e. The van der Waals surface area contributed by atoms with Crippen LogP contribution >= 0.6 is 31.9 Å². The van der Waals surface area contributed by atoms with Gasteiger partial charge in [0.15, 0.2) is 4.67 Å². The van der Waals surface area contributed by atoms with E-state index >= 15 is 0 Å². The van der Waals surface area contributed by atoms with Crippen molar-refractivity contribution in [3.05, 3.63) is 26.5 Å². The summed E-state index contributed by atoms with van der Waals surface area (Å²) >= 11 is 6.51. The smallest absolute Gasteiger partial charge is 0.184 e. The van der Waals surface area contributed by atoms with Gasteiger partial charge in [-0.25, -0.2) is 0 Å². The summed E-state index contributed by atoms with van der Waals surface area (Å²) in [5, 5.41) is 0. The lowest BCUT2D eigenvalue weighted by Crippen LogP contribution is -1.79. The molecule has 2 nitrogen and oxygen atoms in total. The maximum atomic E-state index is 10.5. The molecule has 0 amide bonds. The van der Waals surface area contributed by atoms with E-state index in [2.05, 4.69) is 31.9 Å². The fraction of sp³-hybridized carbons (Fsp3) is 0.222. The molecule has 0 bridgehead atoms. The van der Waals surface area contributed by atoms with Crippen molar-refractivity contribution in [1.29, 1.82) is 0 Å². The second kappa shape index (κ2) is 4.77. The molecule has 4 heteroatoms. The Bertz CT molecular complexity index is 320. The number of allylic oxidation sites excluding steroid dienone is 1. The minimum atomic E-state index is 0.639. The second-order valence-corrected chi connectivity index (χ2v) is 4.04. The van der Waals surface area contributed by atoms with Gasteiger partial charge < -0.3 is 4.42 Å². The van der Waals surface area contributed by atoms with Crippen LogP contribution in [0.3, 0.4) is 0 Å². The lowest BCUT2D eigenvalue weighted by molar-refractivity contribution is -0.104. The molecule has 0 aliphatic carbocycles. The first-order chi connectivity index (χ1) is 6.17. The van der Waals surface area contributed by atoms with Gasteiger partial charge in [0.1, 0.15) is 12.0 Å². The van der Waals surface area contributed by atoms with Crippen molar-refractivity contribution in [1.82, 2.24) is 0 Å². The zero-order valence-corrected chi connectivity index (χ0v) is 10.2. The van der Waals surface area contributed by atoms with Gasteiger partial charge in [0, 0.05) is 0 Å². The molecule has 0 saturated heterocycles. The number of furan rings is 1. The lowest BCUT2D eigenvalue weighted by atomic mass is 10.2. The Morgan fingerprint density at radius 2 is 2.31 bits per heavy atom. The number of carbonyl (C=O) groups excluding carboxylic acids is 1. The maximum absolute atomic E-state index is 10.5. The largest absolute Gasteiger partial charge is 0.449 e. The molecule has 0 unspecified atom stereocenters. The SMILES string of the molecule is CCC(C=O)=Cc1cc(Br)c(Br)o1. The molecule has 0 aliphatic rings. The van der Waals surface area contributed by atoms with E-state index in [0.29, 0.717) is 22.4 Å². The molecule has 0 saturated carbocycles. The monoisotopic (exact) mass is 306 g/mol. The molecule has 1 heterocycles. The third-order valence-corrected chi connectivity index (χ3v) is 3.26. The van der Waals surface area contributed by atoms with Crippen molar-refractivity contribution in [2.45, 2.75) is 13.3 Å². The lowest BCUT2D eigenvalue weighted by Gasteiger charge is -1.89. The highest BCUT2D eigenvalue weighted by Crippen LogP contribution is 2.27. The van der Waals surface area contributed by atoms with E-state index in [1.165, 1.54) is 0 Å². The molecule has 1 aromatic rings. The van der Waals surface area contributed by atoms with Gasteiger partial charge in [-0.15, -0.1) is 0 Å². The van der Waals surface area contributed by atoms with E-state index < -0.39 is 0 Å². The van der Waals surface area contributed by atoms with Crippen LogP contribution in [-0.4, -0.2) is 6.29 Å². The van der Waals surface area contributed by atoms with Gasteiger partial charge in [0.25, 0.3) is 0 Å². The zero-order valence-electron chi connectivity index (χ0n) is 7.01. The first-order valence-corrected chi connectivity index (χ1v) is 5.36. The summed E-state index contributed by atoms with van der Waals surface area (Å²) in [4.78, 5) is 10.5. The average Bonchev–Trinajstić information content (AvgIpc) is 2.42. The van der Waals surface area contributed by atoms with Crippen LogP contribution in [0.25, 0.3) is 6.08 Å². The Balaban J connectivity index is 2.96. The minimum absolute atomic E-state index is 0.639. The molecule has 0 N–H and O–H groups in total. The van der Waals surface area contributed by atoms with E-state index in [0.717, 1.165) is 10.8 Å². The van der Waals surface area contributed by atoms with Crippen LogP contribution in [0.15, 0.2) is 25.2 Å². The van der Waals surface area contributed by atoms with Crippen LogP contribution in [-0.2, 0) is 4.79 Å². The van der Waals surface area contributed by atoms with E-state index in [1.54, 1.807) is 6.08 Å². The molecular formula is C9H8Br2O2. The highest BCUT2D eigenvalue weighted by molar-refractivity contribution is 9.13. The highest BCUT2D eigenvalue weighted by Gasteiger charge is 2.04. The molecule has 0 radical (unpaired) electrons. The zero-order chi connectivity index (χ0) is 9.84. The number of rotatable bonds is 3. The molecule has 0 aliphatic heterocycles. The predicted octanol–water partition coefficient (Wildman–Crippen LogP) is 3.80. The van der Waals surface area contributed by atoms with Crippen LogP contribution in [0.4, 0.5) is 0 Å². The Labute approximate surface area is 93.3 Å². The fourth-order valence-corrected chi connectivity index (χ4v) is 1.44. The van der Waals surface area contributed by atoms with Crippen molar-refractivity contribution in [3.8, 4) is 0 Å². The molecule has 0 aromatic carbocycles. The van der Waals surface area contributed by atoms with Crippen molar-refractivity contribution in [2.24, 2.45) is 0 Å². The topological polar surface area (TPSA) is 30.2 Å². The molecule has 0 atom stereocenters. The van der Waals surface area contributed by atoms with Crippen LogP contribution in [0, 0.1) is 0 Å². The Kier molecular flexibility index (Phi) is 3.93. The molecule has 1 aromatic heterocycles. The van der Waals surface area contributed by atoms with Gasteiger partial charge in [-0.2, -0.15) is 0 Å². The van der Waals surface area contributed by atoms with E-state index in [1.807, 2.05) is 13.0 Å². The summed E-state index contributed by atoms with van der Waals surface area (Å²) in [5.74, 6) is 0.669. The summed E-state index contributed by atoms with van der Waals surface area (Å²) in [7, 11) is 0. The number of aldehydes is 1. The van der Waals surface area contributed by atoms with Gasteiger partial charge in [-0.3, -0.25) is 4.79 Å². The first-order valence-electron chi connectivity index (χ1n) is 3.78. The number of carbonyl (C=O) groups is 1. The van der Waals surface area contributed by atoms with Crippen molar-refractivity contribution in [3.63, 3.8) is 0 Å². The Morgan fingerprint density at radius 3 is 2.69 bits per heavy atom. The summed E-state index contributed by atoms with van der Waals surface area (Å²) < 4.78 is 6.77. The Hall–Kier alpha value is -0.350. The van der Waals surface area contributed by atoms with Crippen molar-refractivity contribution < 1.29 is 9.21 Å². The third kappa shape index (κ3) is 2.81. The standard InChI is InChI=1S/C9H8Br2O2/c1-2-6(5-12)3-7-4-8(10)9(11)13-7/h3-5H,2H2,1H3.